The van der Waals surface area contributed by atoms with Crippen molar-refractivity contribution in [2.45, 2.75) is 6.10 Å². The van der Waals surface area contributed by atoms with Gasteiger partial charge >= 0.3 is 5.97 Å². The molecule has 0 bridgehead atoms. The quantitative estimate of drug-likeness (QED) is 0.790. The molecule has 0 saturated carbocycles. The predicted octanol–water partition coefficient (Wildman–Crippen LogP) is 0.712. The Balaban J connectivity index is 2.11. The third-order valence-corrected chi connectivity index (χ3v) is 2.26. The van der Waals surface area contributed by atoms with Crippen molar-refractivity contribution >= 4 is 11.9 Å². The fraction of sp³-hybridized carbons (Fsp3) is 0.500. The van der Waals surface area contributed by atoms with Gasteiger partial charge in [0.05, 0.1) is 6.54 Å². The summed E-state index contributed by atoms with van der Waals surface area (Å²) in [5.41, 5.74) is 0. The number of rotatable bonds is 3. The van der Waals surface area contributed by atoms with Crippen LogP contribution in [0.1, 0.15) is 10.6 Å². The molecule has 6 nitrogen and oxygen atoms in total. The summed E-state index contributed by atoms with van der Waals surface area (Å²) in [4.78, 5) is 12.7. The summed E-state index contributed by atoms with van der Waals surface area (Å²) < 4.78 is 10.7. The lowest BCUT2D eigenvalue weighted by molar-refractivity contribution is 0.0663. The van der Waals surface area contributed by atoms with Gasteiger partial charge in [0.2, 0.25) is 11.6 Å². The number of ether oxygens (including phenoxy) is 1. The highest BCUT2D eigenvalue weighted by Crippen LogP contribution is 2.32. The first-order valence-electron chi connectivity index (χ1n) is 4.98. The van der Waals surface area contributed by atoms with Gasteiger partial charge in [0.1, 0.15) is 6.10 Å². The summed E-state index contributed by atoms with van der Waals surface area (Å²) in [7, 11) is 3.91. The Hall–Kier alpha value is -1.69. The van der Waals surface area contributed by atoms with Crippen molar-refractivity contribution in [3.8, 4) is 5.75 Å². The van der Waals surface area contributed by atoms with E-state index in [1.165, 1.54) is 6.07 Å². The second kappa shape index (κ2) is 4.05. The van der Waals surface area contributed by atoms with Crippen LogP contribution in [0.2, 0.25) is 0 Å². The number of carboxylic acids is 1. The molecule has 1 aliphatic rings. The maximum absolute atomic E-state index is 10.7. The molecule has 6 heteroatoms. The van der Waals surface area contributed by atoms with Gasteiger partial charge < -0.3 is 24.5 Å². The molecule has 2 heterocycles. The molecule has 1 unspecified atom stereocenters. The van der Waals surface area contributed by atoms with Crippen LogP contribution in [-0.4, -0.2) is 49.3 Å². The van der Waals surface area contributed by atoms with Crippen LogP contribution in [0.4, 0.5) is 5.88 Å². The molecule has 0 spiro atoms. The maximum atomic E-state index is 10.7. The van der Waals surface area contributed by atoms with E-state index < -0.39 is 5.97 Å². The van der Waals surface area contributed by atoms with Crippen LogP contribution in [0, 0.1) is 0 Å². The first-order chi connectivity index (χ1) is 7.56. The van der Waals surface area contributed by atoms with Crippen molar-refractivity contribution in [1.82, 2.24) is 4.90 Å². The summed E-state index contributed by atoms with van der Waals surface area (Å²) in [5.74, 6) is -0.338. The first kappa shape index (κ1) is 10.8. The number of furan rings is 1. The zero-order chi connectivity index (χ0) is 11.7. The Morgan fingerprint density at radius 1 is 1.69 bits per heavy atom. The van der Waals surface area contributed by atoms with Crippen LogP contribution in [0.3, 0.4) is 0 Å². The number of carboxylic acid groups (broad SMARTS) is 1. The lowest BCUT2D eigenvalue weighted by Gasteiger charge is -2.26. The Morgan fingerprint density at radius 3 is 3.06 bits per heavy atom. The van der Waals surface area contributed by atoms with Gasteiger partial charge in [-0.05, 0) is 14.1 Å². The lowest BCUT2D eigenvalue weighted by Crippen LogP contribution is -2.38. The normalized spacial score (nSPS) is 18.8. The van der Waals surface area contributed by atoms with E-state index in [2.05, 4.69) is 5.32 Å². The van der Waals surface area contributed by atoms with E-state index in [-0.39, 0.29) is 11.9 Å². The molecular weight excluding hydrogens is 212 g/mol. The fourth-order valence-corrected chi connectivity index (χ4v) is 1.63. The third kappa shape index (κ3) is 2.11. The highest BCUT2D eigenvalue weighted by atomic mass is 16.5. The molecule has 0 saturated heterocycles. The highest BCUT2D eigenvalue weighted by molar-refractivity contribution is 5.86. The molecule has 0 radical (unpaired) electrons. The van der Waals surface area contributed by atoms with Gasteiger partial charge in [-0.1, -0.05) is 0 Å². The van der Waals surface area contributed by atoms with E-state index >= 15 is 0 Å². The topological polar surface area (TPSA) is 74.9 Å². The number of anilines is 1. The highest BCUT2D eigenvalue weighted by Gasteiger charge is 2.25. The summed E-state index contributed by atoms with van der Waals surface area (Å²) in [6.07, 6.45) is 0.00162. The van der Waals surface area contributed by atoms with Crippen molar-refractivity contribution in [2.75, 3.05) is 32.5 Å². The van der Waals surface area contributed by atoms with Crippen molar-refractivity contribution in [1.29, 1.82) is 0 Å². The van der Waals surface area contributed by atoms with Gasteiger partial charge in [-0.3, -0.25) is 0 Å². The Bertz CT molecular complexity index is 400. The SMILES string of the molecule is CN(C)CC1CNc2oc(C(=O)O)cc2O1. The molecule has 16 heavy (non-hydrogen) atoms. The van der Waals surface area contributed by atoms with Crippen LogP contribution in [-0.2, 0) is 0 Å². The van der Waals surface area contributed by atoms with Crippen molar-refractivity contribution in [3.05, 3.63) is 11.8 Å². The van der Waals surface area contributed by atoms with Gasteiger partial charge in [-0.25, -0.2) is 4.79 Å². The second-order valence-electron chi connectivity index (χ2n) is 3.99. The Labute approximate surface area is 92.8 Å². The number of nitrogens with zero attached hydrogens (tertiary/aromatic N) is 1. The zero-order valence-corrected chi connectivity index (χ0v) is 9.19. The number of fused-ring (bicyclic) bond motifs is 1. The molecule has 88 valence electrons. The lowest BCUT2D eigenvalue weighted by atomic mass is 10.3. The fourth-order valence-electron chi connectivity index (χ4n) is 1.63. The van der Waals surface area contributed by atoms with Gasteiger partial charge in [-0.2, -0.15) is 0 Å². The summed E-state index contributed by atoms with van der Waals surface area (Å²) >= 11 is 0. The smallest absolute Gasteiger partial charge is 0.372 e. The standard InChI is InChI=1S/C10H14N2O4/c1-12(2)5-6-4-11-9-7(15-6)3-8(16-9)10(13)14/h3,6,11H,4-5H2,1-2H3,(H,13,14). The summed E-state index contributed by atoms with van der Waals surface area (Å²) in [6, 6.07) is 1.40. The van der Waals surface area contributed by atoms with E-state index in [9.17, 15) is 4.79 Å². The average Bonchev–Trinajstić information content (AvgIpc) is 2.59. The minimum Gasteiger partial charge on any atom is -0.481 e. The molecule has 1 aromatic heterocycles. The van der Waals surface area contributed by atoms with Gasteiger partial charge in [0.15, 0.2) is 5.75 Å². The molecule has 0 aliphatic carbocycles. The van der Waals surface area contributed by atoms with Crippen molar-refractivity contribution in [3.63, 3.8) is 0 Å². The first-order valence-corrected chi connectivity index (χ1v) is 4.98. The van der Waals surface area contributed by atoms with Gasteiger partial charge in [0, 0.05) is 12.6 Å². The number of carbonyl (C=O) groups is 1. The predicted molar refractivity (Wildman–Crippen MR) is 57.1 cm³/mol. The van der Waals surface area contributed by atoms with Crippen molar-refractivity contribution < 1.29 is 19.1 Å². The minimum atomic E-state index is -1.09. The molecule has 1 aromatic rings. The molecular formula is C10H14N2O4. The largest absolute Gasteiger partial charge is 0.481 e. The molecule has 0 fully saturated rings. The Kier molecular flexibility index (Phi) is 2.74. The molecule has 0 amide bonds. The molecule has 1 atom stereocenters. The van der Waals surface area contributed by atoms with E-state index in [1.807, 2.05) is 19.0 Å². The van der Waals surface area contributed by atoms with Crippen LogP contribution in [0.15, 0.2) is 10.5 Å². The number of hydrogen-bond acceptors (Lipinski definition) is 5. The van der Waals surface area contributed by atoms with E-state index in [0.29, 0.717) is 18.2 Å². The van der Waals surface area contributed by atoms with E-state index in [0.717, 1.165) is 6.54 Å². The molecule has 2 rings (SSSR count). The Morgan fingerprint density at radius 2 is 2.44 bits per heavy atom. The van der Waals surface area contributed by atoms with Crippen LogP contribution in [0.5, 0.6) is 5.75 Å². The van der Waals surface area contributed by atoms with Gasteiger partial charge in [-0.15, -0.1) is 0 Å². The van der Waals surface area contributed by atoms with Crippen LogP contribution >= 0.6 is 0 Å². The average molecular weight is 226 g/mol. The van der Waals surface area contributed by atoms with E-state index in [4.69, 9.17) is 14.3 Å². The molecule has 1 aliphatic heterocycles. The number of likely N-dealkylation sites (N-methyl/N-ethyl adjacent to an activating group) is 1. The monoisotopic (exact) mass is 226 g/mol. The molecule has 0 aromatic carbocycles. The summed E-state index contributed by atoms with van der Waals surface area (Å²) in [5, 5.41) is 11.8. The van der Waals surface area contributed by atoms with E-state index in [1.54, 1.807) is 0 Å². The molecule has 2 N–H and O–H groups in total. The zero-order valence-electron chi connectivity index (χ0n) is 9.19. The van der Waals surface area contributed by atoms with Crippen LogP contribution in [0.25, 0.3) is 0 Å². The summed E-state index contributed by atoms with van der Waals surface area (Å²) in [6.45, 7) is 1.37. The van der Waals surface area contributed by atoms with Crippen molar-refractivity contribution in [2.24, 2.45) is 0 Å². The minimum absolute atomic E-state index is 0.00162. The van der Waals surface area contributed by atoms with Crippen LogP contribution < -0.4 is 10.1 Å². The maximum Gasteiger partial charge on any atom is 0.372 e. The number of hydrogen-bond donors (Lipinski definition) is 2. The third-order valence-electron chi connectivity index (χ3n) is 2.26. The second-order valence-corrected chi connectivity index (χ2v) is 3.99. The number of nitrogens with one attached hydrogen (secondary N) is 1. The van der Waals surface area contributed by atoms with Gasteiger partial charge in [0.25, 0.3) is 0 Å². The number of aromatic carboxylic acids is 1.